The highest BCUT2D eigenvalue weighted by Crippen LogP contribution is 2.11. The van der Waals surface area contributed by atoms with Crippen LogP contribution in [-0.2, 0) is 0 Å². The molecule has 1 atom stereocenters. The van der Waals surface area contributed by atoms with Gasteiger partial charge in [0.05, 0.1) is 6.61 Å². The van der Waals surface area contributed by atoms with Gasteiger partial charge in [0.1, 0.15) is 0 Å². The molecule has 92 valence electrons. The molecule has 1 rings (SSSR count). The van der Waals surface area contributed by atoms with Crippen LogP contribution in [-0.4, -0.2) is 49.3 Å². The Labute approximate surface area is 99.6 Å². The predicted molar refractivity (Wildman–Crippen MR) is 66.7 cm³/mol. The number of rotatable bonds is 6. The molecule has 1 aliphatic heterocycles. The molecular weight excluding hydrogens is 212 g/mol. The van der Waals surface area contributed by atoms with Gasteiger partial charge in [-0.25, -0.2) is 0 Å². The van der Waals surface area contributed by atoms with Crippen molar-refractivity contribution >= 4 is 12.4 Å². The summed E-state index contributed by atoms with van der Waals surface area (Å²) in [4.78, 5) is 2.39. The Morgan fingerprint density at radius 3 is 2.73 bits per heavy atom. The van der Waals surface area contributed by atoms with E-state index in [1.54, 1.807) is 0 Å². The van der Waals surface area contributed by atoms with E-state index < -0.39 is 0 Å². The Balaban J connectivity index is 0.00000196. The summed E-state index contributed by atoms with van der Waals surface area (Å²) in [6.45, 7) is 7.95. The largest absolute Gasteiger partial charge is 0.395 e. The second kappa shape index (κ2) is 9.40. The standard InChI is InChI=1S/C11H24N2O.ClH/c1-2-6-13(7-8-14)10-11-4-3-5-12-9-11;/h11-12,14H,2-10H2,1H3;1H. The third-order valence-corrected chi connectivity index (χ3v) is 2.87. The van der Waals surface area contributed by atoms with E-state index >= 15 is 0 Å². The van der Waals surface area contributed by atoms with E-state index in [4.69, 9.17) is 5.11 Å². The predicted octanol–water partition coefficient (Wildman–Crippen LogP) is 1.11. The average molecular weight is 237 g/mol. The summed E-state index contributed by atoms with van der Waals surface area (Å²) >= 11 is 0. The number of aliphatic hydroxyl groups excluding tert-OH is 1. The van der Waals surface area contributed by atoms with Crippen LogP contribution in [0, 0.1) is 5.92 Å². The van der Waals surface area contributed by atoms with E-state index in [1.807, 2.05) is 0 Å². The summed E-state index contributed by atoms with van der Waals surface area (Å²) in [7, 11) is 0. The fraction of sp³-hybridized carbons (Fsp3) is 1.00. The molecule has 1 unspecified atom stereocenters. The van der Waals surface area contributed by atoms with E-state index in [-0.39, 0.29) is 12.4 Å². The third kappa shape index (κ3) is 6.36. The molecule has 4 heteroatoms. The maximum Gasteiger partial charge on any atom is 0.0558 e. The Morgan fingerprint density at radius 2 is 2.20 bits per heavy atom. The van der Waals surface area contributed by atoms with Crippen LogP contribution in [0.1, 0.15) is 26.2 Å². The summed E-state index contributed by atoms with van der Waals surface area (Å²) in [5.74, 6) is 0.793. The monoisotopic (exact) mass is 236 g/mol. The van der Waals surface area contributed by atoms with Gasteiger partial charge in [-0.15, -0.1) is 12.4 Å². The molecule has 0 bridgehead atoms. The van der Waals surface area contributed by atoms with Gasteiger partial charge in [0.15, 0.2) is 0 Å². The maximum absolute atomic E-state index is 8.94. The van der Waals surface area contributed by atoms with Crippen molar-refractivity contribution in [1.82, 2.24) is 10.2 Å². The minimum absolute atomic E-state index is 0. The van der Waals surface area contributed by atoms with Gasteiger partial charge in [-0.05, 0) is 44.8 Å². The first-order chi connectivity index (χ1) is 6.86. The number of piperidine rings is 1. The van der Waals surface area contributed by atoms with E-state index in [1.165, 1.54) is 25.8 Å². The summed E-state index contributed by atoms with van der Waals surface area (Å²) in [6.07, 6.45) is 3.84. The Morgan fingerprint density at radius 1 is 1.40 bits per heavy atom. The molecule has 3 nitrogen and oxygen atoms in total. The summed E-state index contributed by atoms with van der Waals surface area (Å²) < 4.78 is 0. The zero-order chi connectivity index (χ0) is 10.2. The van der Waals surface area contributed by atoms with Crippen LogP contribution in [0.2, 0.25) is 0 Å². The lowest BCUT2D eigenvalue weighted by Gasteiger charge is -2.29. The highest BCUT2D eigenvalue weighted by atomic mass is 35.5. The second-order valence-corrected chi connectivity index (χ2v) is 4.24. The van der Waals surface area contributed by atoms with Crippen molar-refractivity contribution in [2.45, 2.75) is 26.2 Å². The van der Waals surface area contributed by atoms with Crippen LogP contribution in [0.5, 0.6) is 0 Å². The van der Waals surface area contributed by atoms with Gasteiger partial charge in [0.25, 0.3) is 0 Å². The van der Waals surface area contributed by atoms with Crippen LogP contribution in [0.3, 0.4) is 0 Å². The van der Waals surface area contributed by atoms with Gasteiger partial charge >= 0.3 is 0 Å². The van der Waals surface area contributed by atoms with E-state index in [9.17, 15) is 0 Å². The number of hydrogen-bond acceptors (Lipinski definition) is 3. The fourth-order valence-electron chi connectivity index (χ4n) is 2.20. The van der Waals surface area contributed by atoms with Crippen LogP contribution in [0.4, 0.5) is 0 Å². The zero-order valence-corrected chi connectivity index (χ0v) is 10.6. The first kappa shape index (κ1) is 15.2. The lowest BCUT2D eigenvalue weighted by Crippen LogP contribution is -2.39. The molecule has 1 saturated heterocycles. The minimum atomic E-state index is 0. The molecule has 0 aromatic carbocycles. The van der Waals surface area contributed by atoms with Crippen LogP contribution >= 0.6 is 12.4 Å². The molecule has 1 heterocycles. The first-order valence-electron chi connectivity index (χ1n) is 5.90. The molecule has 15 heavy (non-hydrogen) atoms. The molecule has 1 fully saturated rings. The molecule has 1 aliphatic rings. The summed E-state index contributed by atoms with van der Waals surface area (Å²) in [6, 6.07) is 0. The van der Waals surface area contributed by atoms with Crippen LogP contribution in [0.25, 0.3) is 0 Å². The fourth-order valence-corrected chi connectivity index (χ4v) is 2.20. The van der Waals surface area contributed by atoms with Crippen molar-refractivity contribution in [3.8, 4) is 0 Å². The number of nitrogens with one attached hydrogen (secondary N) is 1. The zero-order valence-electron chi connectivity index (χ0n) is 9.74. The topological polar surface area (TPSA) is 35.5 Å². The molecule has 0 aromatic heterocycles. The Bertz CT molecular complexity index is 135. The molecular formula is C11H25ClN2O. The molecule has 0 aromatic rings. The smallest absolute Gasteiger partial charge is 0.0558 e. The van der Waals surface area contributed by atoms with Crippen LogP contribution in [0.15, 0.2) is 0 Å². The summed E-state index contributed by atoms with van der Waals surface area (Å²) in [5.41, 5.74) is 0. The SMILES string of the molecule is CCCN(CCO)CC1CCCNC1.Cl. The van der Waals surface area contributed by atoms with Crippen molar-refractivity contribution in [3.05, 3.63) is 0 Å². The Hall–Kier alpha value is 0.170. The van der Waals surface area contributed by atoms with Gasteiger partial charge < -0.3 is 15.3 Å². The van der Waals surface area contributed by atoms with Crippen molar-refractivity contribution < 1.29 is 5.11 Å². The van der Waals surface area contributed by atoms with Gasteiger partial charge in [-0.2, -0.15) is 0 Å². The lowest BCUT2D eigenvalue weighted by molar-refractivity contribution is 0.165. The van der Waals surface area contributed by atoms with Crippen molar-refractivity contribution in [2.75, 3.05) is 39.3 Å². The third-order valence-electron chi connectivity index (χ3n) is 2.87. The van der Waals surface area contributed by atoms with Gasteiger partial charge in [-0.1, -0.05) is 6.92 Å². The molecule has 0 saturated carbocycles. The number of aliphatic hydroxyl groups is 1. The molecule has 0 amide bonds. The lowest BCUT2D eigenvalue weighted by atomic mass is 9.99. The minimum Gasteiger partial charge on any atom is -0.395 e. The average Bonchev–Trinajstić information content (AvgIpc) is 2.20. The number of halogens is 1. The normalized spacial score (nSPS) is 21.4. The van der Waals surface area contributed by atoms with Gasteiger partial charge in [0.2, 0.25) is 0 Å². The second-order valence-electron chi connectivity index (χ2n) is 4.24. The molecule has 0 radical (unpaired) electrons. The highest BCUT2D eigenvalue weighted by molar-refractivity contribution is 5.85. The maximum atomic E-state index is 8.94. The van der Waals surface area contributed by atoms with E-state index in [0.29, 0.717) is 6.61 Å². The Kier molecular flexibility index (Phi) is 9.51. The molecule has 2 N–H and O–H groups in total. The van der Waals surface area contributed by atoms with Gasteiger partial charge in [0, 0.05) is 13.1 Å². The number of nitrogens with zero attached hydrogens (tertiary/aromatic N) is 1. The molecule has 0 spiro atoms. The number of hydrogen-bond donors (Lipinski definition) is 2. The molecule has 0 aliphatic carbocycles. The van der Waals surface area contributed by atoms with Crippen molar-refractivity contribution in [2.24, 2.45) is 5.92 Å². The van der Waals surface area contributed by atoms with Crippen molar-refractivity contribution in [1.29, 1.82) is 0 Å². The van der Waals surface area contributed by atoms with Crippen molar-refractivity contribution in [3.63, 3.8) is 0 Å². The highest BCUT2D eigenvalue weighted by Gasteiger charge is 2.15. The first-order valence-corrected chi connectivity index (χ1v) is 5.90. The van der Waals surface area contributed by atoms with Crippen LogP contribution < -0.4 is 5.32 Å². The quantitative estimate of drug-likeness (QED) is 0.726. The van der Waals surface area contributed by atoms with Gasteiger partial charge in [-0.3, -0.25) is 0 Å². The van der Waals surface area contributed by atoms with E-state index in [2.05, 4.69) is 17.1 Å². The van der Waals surface area contributed by atoms with E-state index in [0.717, 1.165) is 32.1 Å². The summed E-state index contributed by atoms with van der Waals surface area (Å²) in [5, 5.41) is 12.4.